The van der Waals surface area contributed by atoms with Crippen LogP contribution in [-0.4, -0.2) is 34.7 Å². The van der Waals surface area contributed by atoms with Crippen LogP contribution < -0.4 is 15.2 Å². The molecule has 0 atom stereocenters. The number of hydrogen-bond acceptors (Lipinski definition) is 6. The van der Waals surface area contributed by atoms with Crippen LogP contribution in [0, 0.1) is 0 Å². The second-order valence-corrected chi connectivity index (χ2v) is 6.47. The van der Waals surface area contributed by atoms with Crippen LogP contribution in [-0.2, 0) is 16.0 Å². The van der Waals surface area contributed by atoms with Gasteiger partial charge in [0.05, 0.1) is 23.9 Å². The zero-order valence-electron chi connectivity index (χ0n) is 13.9. The Morgan fingerprint density at radius 2 is 2.00 bits per heavy atom. The molecule has 0 spiro atoms. The van der Waals surface area contributed by atoms with E-state index in [-0.39, 0.29) is 18.1 Å². The lowest BCUT2D eigenvalue weighted by atomic mass is 10.1. The van der Waals surface area contributed by atoms with Crippen molar-refractivity contribution in [2.75, 3.05) is 18.2 Å². The first-order valence-electron chi connectivity index (χ1n) is 7.78. The molecule has 2 N–H and O–H groups in total. The number of thioether (sulfide) groups is 1. The summed E-state index contributed by atoms with van der Waals surface area (Å²) in [6.07, 6.45) is -0.152. The number of fused-ring (bicyclic) bond motifs is 1. The third-order valence-electron chi connectivity index (χ3n) is 3.59. The van der Waals surface area contributed by atoms with Gasteiger partial charge in [0, 0.05) is 24.1 Å². The van der Waals surface area contributed by atoms with Gasteiger partial charge in [-0.1, -0.05) is 23.9 Å². The lowest BCUT2D eigenvalue weighted by Gasteiger charge is -2.06. The largest absolute Gasteiger partial charge is 0.550 e. The molecule has 3 aromatic rings. The number of carboxylic acids is 1. The molecule has 0 aliphatic rings. The standard InChI is InChI=1S/C18H17N3O4S/c1-25-13-6-7-14-15(9-13)21-18(20-14)26-10-16(22)19-12-4-2-11(3-5-12)8-17(23)24/h2-7,9H,8,10H2,1H3,(H,19,22)(H,20,21)(H,23,24)/p-1. The minimum absolute atomic E-state index is 0.152. The van der Waals surface area contributed by atoms with Crippen molar-refractivity contribution >= 4 is 40.4 Å². The molecule has 0 fully saturated rings. The van der Waals surface area contributed by atoms with Gasteiger partial charge in [-0.25, -0.2) is 4.98 Å². The second kappa shape index (κ2) is 7.92. The first-order valence-corrected chi connectivity index (χ1v) is 8.77. The summed E-state index contributed by atoms with van der Waals surface area (Å²) < 4.78 is 5.17. The van der Waals surface area contributed by atoms with Crippen molar-refractivity contribution in [3.05, 3.63) is 48.0 Å². The van der Waals surface area contributed by atoms with Gasteiger partial charge in [0.15, 0.2) is 5.16 Å². The number of nitrogens with one attached hydrogen (secondary N) is 2. The highest BCUT2D eigenvalue weighted by molar-refractivity contribution is 7.99. The Balaban J connectivity index is 1.56. The minimum atomic E-state index is -1.14. The maximum Gasteiger partial charge on any atom is 0.234 e. The van der Waals surface area contributed by atoms with Gasteiger partial charge in [0.2, 0.25) is 5.91 Å². The fourth-order valence-electron chi connectivity index (χ4n) is 2.36. The number of ether oxygens (including phenoxy) is 1. The smallest absolute Gasteiger partial charge is 0.234 e. The van der Waals surface area contributed by atoms with Crippen LogP contribution >= 0.6 is 11.8 Å². The fraction of sp³-hybridized carbons (Fsp3) is 0.167. The molecule has 0 bridgehead atoms. The van der Waals surface area contributed by atoms with E-state index in [1.165, 1.54) is 11.8 Å². The maximum absolute atomic E-state index is 12.1. The predicted molar refractivity (Wildman–Crippen MR) is 97.2 cm³/mol. The van der Waals surface area contributed by atoms with E-state index >= 15 is 0 Å². The molecular formula is C18H16N3O4S-. The molecule has 8 heteroatoms. The van der Waals surface area contributed by atoms with E-state index in [4.69, 9.17) is 4.74 Å². The summed E-state index contributed by atoms with van der Waals surface area (Å²) in [5.41, 5.74) is 2.87. The monoisotopic (exact) mass is 370 g/mol. The van der Waals surface area contributed by atoms with Crippen LogP contribution in [0.3, 0.4) is 0 Å². The molecule has 26 heavy (non-hydrogen) atoms. The Hall–Kier alpha value is -3.00. The van der Waals surface area contributed by atoms with Crippen LogP contribution in [0.1, 0.15) is 5.56 Å². The number of hydrogen-bond donors (Lipinski definition) is 2. The number of aromatic amines is 1. The number of methoxy groups -OCH3 is 1. The minimum Gasteiger partial charge on any atom is -0.550 e. The highest BCUT2D eigenvalue weighted by Gasteiger charge is 2.08. The van der Waals surface area contributed by atoms with Gasteiger partial charge in [-0.05, 0) is 29.8 Å². The summed E-state index contributed by atoms with van der Waals surface area (Å²) in [4.78, 5) is 30.2. The Kier molecular flexibility index (Phi) is 5.43. The van der Waals surface area contributed by atoms with Gasteiger partial charge in [-0.15, -0.1) is 0 Å². The second-order valence-electron chi connectivity index (χ2n) is 5.51. The highest BCUT2D eigenvalue weighted by Crippen LogP contribution is 2.23. The molecular weight excluding hydrogens is 354 g/mol. The van der Waals surface area contributed by atoms with Crippen molar-refractivity contribution in [3.8, 4) is 5.75 Å². The van der Waals surface area contributed by atoms with E-state index in [1.807, 2.05) is 18.2 Å². The number of rotatable bonds is 7. The first kappa shape index (κ1) is 17.8. The molecule has 3 rings (SSSR count). The van der Waals surface area contributed by atoms with Crippen LogP contribution in [0.2, 0.25) is 0 Å². The van der Waals surface area contributed by atoms with E-state index in [2.05, 4.69) is 15.3 Å². The molecule has 7 nitrogen and oxygen atoms in total. The number of benzene rings is 2. The van der Waals surface area contributed by atoms with Crippen LogP contribution in [0.15, 0.2) is 47.6 Å². The Labute approximate surface area is 153 Å². The van der Waals surface area contributed by atoms with Crippen molar-refractivity contribution in [2.24, 2.45) is 0 Å². The van der Waals surface area contributed by atoms with Gasteiger partial charge in [0.25, 0.3) is 0 Å². The topological polar surface area (TPSA) is 107 Å². The number of carbonyl (C=O) groups is 2. The summed E-state index contributed by atoms with van der Waals surface area (Å²) >= 11 is 1.29. The van der Waals surface area contributed by atoms with Crippen molar-refractivity contribution in [3.63, 3.8) is 0 Å². The number of carbonyl (C=O) groups excluding carboxylic acids is 2. The van der Waals surface area contributed by atoms with E-state index in [9.17, 15) is 14.7 Å². The van der Waals surface area contributed by atoms with Crippen molar-refractivity contribution in [1.29, 1.82) is 0 Å². The van der Waals surface area contributed by atoms with E-state index in [0.717, 1.165) is 16.8 Å². The summed E-state index contributed by atoms with van der Waals surface area (Å²) in [5, 5.41) is 14.0. The number of anilines is 1. The number of nitrogens with zero attached hydrogens (tertiary/aromatic N) is 1. The molecule has 0 saturated carbocycles. The summed E-state index contributed by atoms with van der Waals surface area (Å²) in [6.45, 7) is 0. The van der Waals surface area contributed by atoms with Gasteiger partial charge in [-0.2, -0.15) is 0 Å². The normalized spacial score (nSPS) is 10.7. The molecule has 0 aliphatic carbocycles. The van der Waals surface area contributed by atoms with Crippen LogP contribution in [0.5, 0.6) is 5.75 Å². The fourth-order valence-corrected chi connectivity index (χ4v) is 3.05. The average molecular weight is 370 g/mol. The quantitative estimate of drug-likeness (QED) is 0.612. The molecule has 0 aliphatic heterocycles. The van der Waals surface area contributed by atoms with Gasteiger partial charge >= 0.3 is 0 Å². The molecule has 0 saturated heterocycles. The van der Waals surface area contributed by atoms with Crippen molar-refractivity contribution in [1.82, 2.24) is 9.97 Å². The summed E-state index contributed by atoms with van der Waals surface area (Å²) in [7, 11) is 1.60. The molecule has 2 aromatic carbocycles. The lowest BCUT2D eigenvalue weighted by Crippen LogP contribution is -2.24. The van der Waals surface area contributed by atoms with E-state index in [0.29, 0.717) is 16.4 Å². The third-order valence-corrected chi connectivity index (χ3v) is 4.47. The summed E-state index contributed by atoms with van der Waals surface area (Å²) in [5.74, 6) is -0.391. The highest BCUT2D eigenvalue weighted by atomic mass is 32.2. The SMILES string of the molecule is COc1ccc2nc(SCC(=O)Nc3ccc(CC(=O)[O-])cc3)[nH]c2c1. The Bertz CT molecular complexity index is 937. The summed E-state index contributed by atoms with van der Waals surface area (Å²) in [6, 6.07) is 12.1. The molecule has 1 heterocycles. The maximum atomic E-state index is 12.1. The first-order chi connectivity index (χ1) is 12.5. The number of carboxylic acid groups (broad SMARTS) is 1. The Morgan fingerprint density at radius 1 is 1.23 bits per heavy atom. The lowest BCUT2D eigenvalue weighted by molar-refractivity contribution is -0.304. The number of H-pyrrole nitrogens is 1. The van der Waals surface area contributed by atoms with E-state index in [1.54, 1.807) is 31.4 Å². The molecule has 0 unspecified atom stereocenters. The van der Waals surface area contributed by atoms with Gasteiger partial charge < -0.3 is 24.9 Å². The van der Waals surface area contributed by atoms with Crippen LogP contribution in [0.25, 0.3) is 11.0 Å². The number of amides is 1. The number of imidazole rings is 1. The number of aliphatic carboxylic acids is 1. The molecule has 1 aromatic heterocycles. The zero-order valence-corrected chi connectivity index (χ0v) is 14.8. The Morgan fingerprint density at radius 3 is 2.69 bits per heavy atom. The molecule has 134 valence electrons. The average Bonchev–Trinajstić information content (AvgIpc) is 3.03. The van der Waals surface area contributed by atoms with Crippen molar-refractivity contribution < 1.29 is 19.4 Å². The predicted octanol–water partition coefficient (Wildman–Crippen LogP) is 1.59. The number of aromatic nitrogens is 2. The van der Waals surface area contributed by atoms with E-state index < -0.39 is 5.97 Å². The van der Waals surface area contributed by atoms with Gasteiger partial charge in [0.1, 0.15) is 5.75 Å². The molecule has 1 amide bonds. The van der Waals surface area contributed by atoms with Gasteiger partial charge in [-0.3, -0.25) is 4.79 Å². The van der Waals surface area contributed by atoms with Crippen LogP contribution in [0.4, 0.5) is 5.69 Å². The third kappa shape index (κ3) is 4.54. The van der Waals surface area contributed by atoms with Crippen molar-refractivity contribution in [2.45, 2.75) is 11.6 Å². The zero-order chi connectivity index (χ0) is 18.5. The molecule has 0 radical (unpaired) electrons.